The van der Waals surface area contributed by atoms with Gasteiger partial charge in [-0.2, -0.15) is 0 Å². The van der Waals surface area contributed by atoms with Gasteiger partial charge in [-0.3, -0.25) is 4.79 Å². The van der Waals surface area contributed by atoms with Gasteiger partial charge >= 0.3 is 0 Å². The topological polar surface area (TPSA) is 80.2 Å². The first-order valence-electron chi connectivity index (χ1n) is 15.4. The van der Waals surface area contributed by atoms with Crippen molar-refractivity contribution in [3.8, 4) is 0 Å². The Morgan fingerprint density at radius 1 is 0.905 bits per heavy atom. The molecule has 1 fully saturated rings. The molecule has 230 valence electrons. The van der Waals surface area contributed by atoms with E-state index in [1.807, 2.05) is 44.3 Å². The summed E-state index contributed by atoms with van der Waals surface area (Å²) in [6.45, 7) is 17.8. The van der Waals surface area contributed by atoms with Crippen LogP contribution in [0.5, 0.6) is 0 Å². The lowest BCUT2D eigenvalue weighted by Crippen LogP contribution is -2.51. The summed E-state index contributed by atoms with van der Waals surface area (Å²) in [6, 6.07) is 13.2. The number of carbonyl (C=O) groups excluding carboxylic acids is 1. The molecule has 4 rings (SSSR count). The number of nitrogens with one attached hydrogen (secondary N) is 2. The summed E-state index contributed by atoms with van der Waals surface area (Å²) in [5.41, 5.74) is 4.48. The molecule has 0 radical (unpaired) electrons. The molecule has 1 saturated carbocycles. The Morgan fingerprint density at radius 3 is 2.02 bits per heavy atom. The molecule has 0 saturated heterocycles. The van der Waals surface area contributed by atoms with E-state index < -0.39 is 18.3 Å². The summed E-state index contributed by atoms with van der Waals surface area (Å²) >= 11 is 6.74. The summed E-state index contributed by atoms with van der Waals surface area (Å²) in [5.74, 6) is -0.0674. The minimum atomic E-state index is -3.75. The van der Waals surface area contributed by atoms with E-state index in [9.17, 15) is 13.2 Å². The third-order valence-electron chi connectivity index (χ3n) is 9.59. The Hall–Kier alpha value is -2.13. The van der Waals surface area contributed by atoms with E-state index in [0.29, 0.717) is 47.3 Å². The fraction of sp³-hybridized carbons (Fsp3) is 0.545. The normalized spacial score (nSPS) is 19.1. The number of rotatable bonds is 10. The molecule has 6 nitrogen and oxygen atoms in total. The summed E-state index contributed by atoms with van der Waals surface area (Å²) in [5, 5.41) is 4.70. The van der Waals surface area contributed by atoms with Gasteiger partial charge in [-0.15, -0.1) is 0 Å². The molecule has 42 heavy (non-hydrogen) atoms. The highest BCUT2D eigenvalue weighted by Crippen LogP contribution is 2.45. The molecule has 3 aromatic rings. The van der Waals surface area contributed by atoms with Crippen molar-refractivity contribution in [2.24, 2.45) is 5.92 Å². The van der Waals surface area contributed by atoms with Gasteiger partial charge in [0, 0.05) is 29.1 Å². The smallest absolute Gasteiger partial charge is 0.240 e. The molecule has 1 aromatic heterocycles. The number of aromatic nitrogens is 1. The van der Waals surface area contributed by atoms with E-state index in [2.05, 4.69) is 67.9 Å². The fourth-order valence-electron chi connectivity index (χ4n) is 7.52. The number of fused-ring (bicyclic) bond motifs is 1. The standard InChI is InChI=1S/C33H48ClN3O3SSi/c1-21(2)42(22(3)4,23(5)6)37-20-31(34)30-18-17-29(19-32(30)37)41(39,40)36-28-15-13-27(14-16-28)33(38)35-25(8)26-11-9-24(7)10-12-26/h9-12,17-23,25,27-28,36H,13-16H2,1-8H3,(H,35,38). The summed E-state index contributed by atoms with van der Waals surface area (Å²) in [7, 11) is -5.90. The van der Waals surface area contributed by atoms with Gasteiger partial charge in [0.1, 0.15) is 0 Å². The second-order valence-electron chi connectivity index (χ2n) is 13.2. The molecular formula is C33H48ClN3O3SSi. The number of carbonyl (C=O) groups is 1. The molecule has 1 heterocycles. The van der Waals surface area contributed by atoms with Crippen molar-refractivity contribution in [2.75, 3.05) is 0 Å². The number of sulfonamides is 1. The van der Waals surface area contributed by atoms with Crippen molar-refractivity contribution < 1.29 is 13.2 Å². The molecule has 1 aliphatic carbocycles. The lowest BCUT2D eigenvalue weighted by Gasteiger charge is -2.44. The van der Waals surface area contributed by atoms with Gasteiger partial charge < -0.3 is 9.55 Å². The van der Waals surface area contributed by atoms with Gasteiger partial charge in [0.25, 0.3) is 0 Å². The highest BCUT2D eigenvalue weighted by atomic mass is 35.5. The summed E-state index contributed by atoms with van der Waals surface area (Å²) in [4.78, 5) is 13.2. The van der Waals surface area contributed by atoms with E-state index in [0.717, 1.165) is 16.5 Å². The van der Waals surface area contributed by atoms with Crippen LogP contribution < -0.4 is 10.0 Å². The Kier molecular flexibility index (Phi) is 10.0. The number of benzene rings is 2. The third-order valence-corrected chi connectivity index (χ3v) is 18.2. The monoisotopic (exact) mass is 629 g/mol. The van der Waals surface area contributed by atoms with E-state index in [4.69, 9.17) is 11.6 Å². The van der Waals surface area contributed by atoms with E-state index in [1.54, 1.807) is 6.07 Å². The molecule has 0 bridgehead atoms. The molecule has 1 amide bonds. The first kappa shape index (κ1) is 32.8. The predicted molar refractivity (Wildman–Crippen MR) is 177 cm³/mol. The van der Waals surface area contributed by atoms with Crippen molar-refractivity contribution in [3.05, 3.63) is 64.8 Å². The van der Waals surface area contributed by atoms with Crippen LogP contribution in [0.1, 0.15) is 91.3 Å². The SMILES string of the molecule is Cc1ccc(C(C)NC(=O)C2CCC(NS(=O)(=O)c3ccc4c(Cl)cn([Si](C(C)C)(C(C)C)C(C)C)c4c3)CC2)cc1. The lowest BCUT2D eigenvalue weighted by atomic mass is 9.85. The Labute approximate surface area is 258 Å². The largest absolute Gasteiger partial charge is 0.372 e. The van der Waals surface area contributed by atoms with Gasteiger partial charge in [-0.1, -0.05) is 89.0 Å². The number of amides is 1. The quantitative estimate of drug-likeness (QED) is 0.221. The number of aryl methyl sites for hydroxylation is 1. The number of halogens is 1. The van der Waals surface area contributed by atoms with Crippen molar-refractivity contribution in [3.63, 3.8) is 0 Å². The zero-order valence-corrected chi connectivity index (χ0v) is 28.9. The third kappa shape index (κ3) is 6.37. The van der Waals surface area contributed by atoms with Crippen LogP contribution in [0.4, 0.5) is 0 Å². The molecule has 0 aliphatic heterocycles. The molecule has 2 N–H and O–H groups in total. The van der Waals surface area contributed by atoms with Crippen molar-refractivity contribution in [1.82, 2.24) is 14.3 Å². The van der Waals surface area contributed by atoms with Crippen LogP contribution >= 0.6 is 11.6 Å². The van der Waals surface area contributed by atoms with Gasteiger partial charge in [0.05, 0.1) is 16.0 Å². The minimum Gasteiger partial charge on any atom is -0.372 e. The molecule has 1 aliphatic rings. The number of nitrogens with zero attached hydrogens (tertiary/aromatic N) is 1. The van der Waals surface area contributed by atoms with Crippen LogP contribution in [0.25, 0.3) is 10.9 Å². The molecule has 9 heteroatoms. The van der Waals surface area contributed by atoms with E-state index >= 15 is 0 Å². The molecular weight excluding hydrogens is 582 g/mol. The van der Waals surface area contributed by atoms with Crippen LogP contribution in [-0.4, -0.2) is 32.8 Å². The molecule has 1 unspecified atom stereocenters. The van der Waals surface area contributed by atoms with Gasteiger partial charge in [-0.25, -0.2) is 13.1 Å². The first-order valence-corrected chi connectivity index (χ1v) is 19.4. The highest BCUT2D eigenvalue weighted by molar-refractivity contribution is 7.89. The summed E-state index contributed by atoms with van der Waals surface area (Å²) < 4.78 is 32.6. The minimum absolute atomic E-state index is 0.0422. The molecule has 1 atom stereocenters. The maximum atomic E-state index is 13.6. The van der Waals surface area contributed by atoms with Gasteiger partial charge in [-0.05, 0) is 73.9 Å². The van der Waals surface area contributed by atoms with Crippen LogP contribution in [-0.2, 0) is 14.8 Å². The Morgan fingerprint density at radius 2 is 1.48 bits per heavy atom. The van der Waals surface area contributed by atoms with E-state index in [-0.39, 0.29) is 28.8 Å². The van der Waals surface area contributed by atoms with Crippen LogP contribution in [0.3, 0.4) is 0 Å². The van der Waals surface area contributed by atoms with Gasteiger partial charge in [0.2, 0.25) is 15.9 Å². The van der Waals surface area contributed by atoms with Gasteiger partial charge in [0.15, 0.2) is 8.24 Å². The molecule has 0 spiro atoms. The zero-order chi connectivity index (χ0) is 31.0. The van der Waals surface area contributed by atoms with Crippen LogP contribution in [0.15, 0.2) is 53.6 Å². The average molecular weight is 630 g/mol. The second-order valence-corrected chi connectivity index (χ2v) is 21.0. The maximum absolute atomic E-state index is 13.6. The van der Waals surface area contributed by atoms with Crippen molar-refractivity contribution >= 4 is 46.7 Å². The Balaban J connectivity index is 1.48. The predicted octanol–water partition coefficient (Wildman–Crippen LogP) is 8.34. The number of hydrogen-bond donors (Lipinski definition) is 2. The average Bonchev–Trinajstić information content (AvgIpc) is 3.24. The van der Waals surface area contributed by atoms with Crippen LogP contribution in [0, 0.1) is 12.8 Å². The van der Waals surface area contributed by atoms with E-state index in [1.165, 1.54) is 5.56 Å². The lowest BCUT2D eigenvalue weighted by molar-refractivity contribution is -0.126. The molecule has 2 aromatic carbocycles. The van der Waals surface area contributed by atoms with Crippen LogP contribution in [0.2, 0.25) is 21.6 Å². The first-order chi connectivity index (χ1) is 19.7. The van der Waals surface area contributed by atoms with Crippen molar-refractivity contribution in [2.45, 2.75) is 115 Å². The van der Waals surface area contributed by atoms with Crippen molar-refractivity contribution in [1.29, 1.82) is 0 Å². The fourth-order valence-corrected chi connectivity index (χ4v) is 15.8. The summed E-state index contributed by atoms with van der Waals surface area (Å²) in [6.07, 6.45) is 4.61. The zero-order valence-electron chi connectivity index (χ0n) is 26.4. The second kappa shape index (κ2) is 12.8. The number of hydrogen-bond acceptors (Lipinski definition) is 3. The Bertz CT molecular complexity index is 1490. The highest BCUT2D eigenvalue weighted by Gasteiger charge is 2.46. The maximum Gasteiger partial charge on any atom is 0.240 e.